The fourth-order valence-electron chi connectivity index (χ4n) is 0.784. The number of rotatable bonds is 7. The first-order chi connectivity index (χ1) is 7.37. The fourth-order valence-corrected chi connectivity index (χ4v) is 1.26. The van der Waals surface area contributed by atoms with Gasteiger partial charge in [-0.1, -0.05) is 6.58 Å². The molecule has 0 heterocycles. The molecule has 0 saturated carbocycles. The average molecular weight is 257 g/mol. The Balaban J connectivity index is 3.52. The molecule has 0 unspecified atom stereocenters. The number of thioether (sulfide) groups is 1. The number of halogens is 3. The molecule has 94 valence electrons. The summed E-state index contributed by atoms with van der Waals surface area (Å²) in [5.74, 6) is -0.627. The summed E-state index contributed by atoms with van der Waals surface area (Å²) in [6.07, 6.45) is 0. The fraction of sp³-hybridized carbons (Fsp3) is 0.667. The van der Waals surface area contributed by atoms with Crippen molar-refractivity contribution < 1.29 is 22.7 Å². The topological polar surface area (TPSA) is 38.3 Å². The largest absolute Gasteiger partial charge is 0.463 e. The predicted molar refractivity (Wildman–Crippen MR) is 57.2 cm³/mol. The lowest BCUT2D eigenvalue weighted by molar-refractivity contribution is -0.138. The van der Waals surface area contributed by atoms with Crippen LogP contribution in [0, 0.1) is 0 Å². The van der Waals surface area contributed by atoms with Gasteiger partial charge in [-0.05, 0) is 18.7 Å². The van der Waals surface area contributed by atoms with Crippen LogP contribution in [-0.2, 0) is 9.53 Å². The summed E-state index contributed by atoms with van der Waals surface area (Å²) in [4.78, 5) is 11.0. The second-order valence-electron chi connectivity index (χ2n) is 2.80. The number of hydrogen-bond acceptors (Lipinski definition) is 4. The van der Waals surface area contributed by atoms with Gasteiger partial charge >= 0.3 is 11.5 Å². The van der Waals surface area contributed by atoms with Crippen LogP contribution >= 0.6 is 11.8 Å². The highest BCUT2D eigenvalue weighted by molar-refractivity contribution is 8.00. The van der Waals surface area contributed by atoms with Gasteiger partial charge in [0.25, 0.3) is 0 Å². The smallest absolute Gasteiger partial charge is 0.441 e. The van der Waals surface area contributed by atoms with E-state index in [0.29, 0.717) is 0 Å². The maximum Gasteiger partial charge on any atom is 0.441 e. The highest BCUT2D eigenvalue weighted by atomic mass is 32.2. The maximum absolute atomic E-state index is 11.7. The lowest BCUT2D eigenvalue weighted by Gasteiger charge is -2.08. The number of hydrogen-bond donors (Lipinski definition) is 1. The molecular weight excluding hydrogens is 243 g/mol. The van der Waals surface area contributed by atoms with Crippen molar-refractivity contribution in [3.8, 4) is 0 Å². The first-order valence-electron chi connectivity index (χ1n) is 4.63. The molecule has 0 aliphatic carbocycles. The molecule has 0 amide bonds. The van der Waals surface area contributed by atoms with Crippen LogP contribution < -0.4 is 5.32 Å². The van der Waals surface area contributed by atoms with Crippen molar-refractivity contribution in [2.75, 3.05) is 25.4 Å². The second-order valence-corrected chi connectivity index (χ2v) is 3.95. The first-order valence-corrected chi connectivity index (χ1v) is 5.61. The van der Waals surface area contributed by atoms with Crippen LogP contribution in [0.1, 0.15) is 6.92 Å². The minimum atomic E-state index is -4.21. The van der Waals surface area contributed by atoms with Gasteiger partial charge in [0, 0.05) is 24.4 Å². The SMILES string of the molecule is C=C(CNCCSC(F)(F)F)C(=O)OCC. The standard InChI is InChI=1S/C9H14F3NO2S/c1-3-15-8(14)7(2)6-13-4-5-16-9(10,11)12/h13H,2-6H2,1H3. The van der Waals surface area contributed by atoms with Crippen molar-refractivity contribution in [3.63, 3.8) is 0 Å². The molecule has 0 atom stereocenters. The Bertz CT molecular complexity index is 243. The lowest BCUT2D eigenvalue weighted by Crippen LogP contribution is -2.24. The van der Waals surface area contributed by atoms with Crippen LogP contribution in [-0.4, -0.2) is 36.9 Å². The Labute approximate surface area is 96.4 Å². The zero-order valence-electron chi connectivity index (χ0n) is 8.89. The van der Waals surface area contributed by atoms with E-state index in [4.69, 9.17) is 0 Å². The minimum Gasteiger partial charge on any atom is -0.463 e. The number of carbonyl (C=O) groups excluding carboxylic acids is 1. The third-order valence-corrected chi connectivity index (χ3v) is 2.18. The molecule has 0 saturated heterocycles. The normalized spacial score (nSPS) is 11.2. The number of esters is 1. The molecule has 0 fully saturated rings. The van der Waals surface area contributed by atoms with E-state index in [1.54, 1.807) is 6.92 Å². The number of alkyl halides is 3. The summed E-state index contributed by atoms with van der Waals surface area (Å²) in [6, 6.07) is 0. The summed E-state index contributed by atoms with van der Waals surface area (Å²) < 4.78 is 39.8. The molecule has 7 heteroatoms. The van der Waals surface area contributed by atoms with Gasteiger partial charge in [0.1, 0.15) is 0 Å². The van der Waals surface area contributed by atoms with Gasteiger partial charge < -0.3 is 10.1 Å². The van der Waals surface area contributed by atoms with Gasteiger partial charge in [0.15, 0.2) is 0 Å². The van der Waals surface area contributed by atoms with E-state index in [1.807, 2.05) is 0 Å². The van der Waals surface area contributed by atoms with E-state index in [1.165, 1.54) is 0 Å². The molecule has 0 bridgehead atoms. The highest BCUT2D eigenvalue weighted by Gasteiger charge is 2.27. The van der Waals surface area contributed by atoms with Crippen LogP contribution in [0.2, 0.25) is 0 Å². The molecule has 0 aromatic carbocycles. The van der Waals surface area contributed by atoms with Gasteiger partial charge in [0.2, 0.25) is 0 Å². The molecule has 3 nitrogen and oxygen atoms in total. The Morgan fingerprint density at radius 1 is 1.50 bits per heavy atom. The zero-order chi connectivity index (χ0) is 12.6. The van der Waals surface area contributed by atoms with E-state index in [9.17, 15) is 18.0 Å². The van der Waals surface area contributed by atoms with E-state index < -0.39 is 11.5 Å². The molecule has 0 aliphatic heterocycles. The Morgan fingerprint density at radius 2 is 2.12 bits per heavy atom. The van der Waals surface area contributed by atoms with Crippen molar-refractivity contribution in [2.24, 2.45) is 0 Å². The summed E-state index contributed by atoms with van der Waals surface area (Å²) in [7, 11) is 0. The van der Waals surface area contributed by atoms with Crippen LogP contribution in [0.5, 0.6) is 0 Å². The molecule has 0 aliphatic rings. The van der Waals surface area contributed by atoms with Crippen molar-refractivity contribution in [1.29, 1.82) is 0 Å². The highest BCUT2D eigenvalue weighted by Crippen LogP contribution is 2.29. The number of nitrogens with one attached hydrogen (secondary N) is 1. The van der Waals surface area contributed by atoms with Gasteiger partial charge in [0.05, 0.1) is 6.61 Å². The summed E-state index contributed by atoms with van der Waals surface area (Å²) in [6.45, 7) is 5.66. The van der Waals surface area contributed by atoms with Gasteiger partial charge in [-0.3, -0.25) is 0 Å². The van der Waals surface area contributed by atoms with E-state index >= 15 is 0 Å². The van der Waals surface area contributed by atoms with E-state index in [-0.39, 0.29) is 42.8 Å². The molecule has 0 radical (unpaired) electrons. The summed E-state index contributed by atoms with van der Waals surface area (Å²) >= 11 is -0.104. The molecule has 0 spiro atoms. The molecular formula is C9H14F3NO2S. The van der Waals surface area contributed by atoms with Crippen LogP contribution in [0.25, 0.3) is 0 Å². The maximum atomic E-state index is 11.7. The van der Waals surface area contributed by atoms with Crippen LogP contribution in [0.3, 0.4) is 0 Å². The van der Waals surface area contributed by atoms with Gasteiger partial charge in [-0.2, -0.15) is 13.2 Å². The van der Waals surface area contributed by atoms with Crippen molar-refractivity contribution in [2.45, 2.75) is 12.4 Å². The monoisotopic (exact) mass is 257 g/mol. The molecule has 16 heavy (non-hydrogen) atoms. The van der Waals surface area contributed by atoms with Gasteiger partial charge in [-0.15, -0.1) is 0 Å². The Hall–Kier alpha value is -0.690. The lowest BCUT2D eigenvalue weighted by atomic mass is 10.3. The summed E-state index contributed by atoms with van der Waals surface area (Å²) in [5.41, 5.74) is -4.00. The summed E-state index contributed by atoms with van der Waals surface area (Å²) in [5, 5.41) is 2.68. The number of carbonyl (C=O) groups is 1. The van der Waals surface area contributed by atoms with Crippen molar-refractivity contribution in [3.05, 3.63) is 12.2 Å². The van der Waals surface area contributed by atoms with Gasteiger partial charge in [-0.25, -0.2) is 4.79 Å². The van der Waals surface area contributed by atoms with E-state index in [0.717, 1.165) is 0 Å². The van der Waals surface area contributed by atoms with Crippen molar-refractivity contribution >= 4 is 17.7 Å². The van der Waals surface area contributed by atoms with E-state index in [2.05, 4.69) is 16.6 Å². The third-order valence-electron chi connectivity index (χ3n) is 1.45. The number of ether oxygens (including phenoxy) is 1. The molecule has 0 aromatic heterocycles. The zero-order valence-corrected chi connectivity index (χ0v) is 9.71. The molecule has 0 aromatic rings. The average Bonchev–Trinajstić information content (AvgIpc) is 2.15. The first kappa shape index (κ1) is 15.3. The van der Waals surface area contributed by atoms with Crippen LogP contribution in [0.4, 0.5) is 13.2 Å². The Morgan fingerprint density at radius 3 is 2.62 bits per heavy atom. The minimum absolute atomic E-state index is 0.0976. The third kappa shape index (κ3) is 8.60. The second kappa shape index (κ2) is 7.56. The quantitative estimate of drug-likeness (QED) is 0.430. The molecule has 0 rings (SSSR count). The molecule has 1 N–H and O–H groups in total. The Kier molecular flexibility index (Phi) is 7.24. The van der Waals surface area contributed by atoms with Crippen LogP contribution in [0.15, 0.2) is 12.2 Å². The van der Waals surface area contributed by atoms with Crippen molar-refractivity contribution in [1.82, 2.24) is 5.32 Å². The predicted octanol–water partition coefficient (Wildman–Crippen LogP) is 1.95.